The summed E-state index contributed by atoms with van der Waals surface area (Å²) in [5.74, 6) is 1.07. The Labute approximate surface area is 212 Å². The van der Waals surface area contributed by atoms with E-state index in [-0.39, 0.29) is 16.8 Å². The molecule has 2 fully saturated rings. The number of thioether (sulfide) groups is 1. The van der Waals surface area contributed by atoms with Gasteiger partial charge in [-0.2, -0.15) is 4.31 Å². The maximum absolute atomic E-state index is 13.2. The zero-order valence-corrected chi connectivity index (χ0v) is 22.2. The quantitative estimate of drug-likeness (QED) is 0.491. The Morgan fingerprint density at radius 1 is 1.09 bits per heavy atom. The maximum atomic E-state index is 13.2. The van der Waals surface area contributed by atoms with Crippen LogP contribution in [0, 0.1) is 0 Å². The molecule has 2 saturated heterocycles. The van der Waals surface area contributed by atoms with Crippen molar-refractivity contribution < 1.29 is 17.9 Å². The second kappa shape index (κ2) is 11.9. The minimum absolute atomic E-state index is 0.0929. The molecule has 3 heterocycles. The summed E-state index contributed by atoms with van der Waals surface area (Å²) < 4.78 is 35.2. The van der Waals surface area contributed by atoms with Gasteiger partial charge in [-0.25, -0.2) is 8.42 Å². The van der Waals surface area contributed by atoms with Crippen LogP contribution in [0.1, 0.15) is 52.0 Å². The highest BCUT2D eigenvalue weighted by atomic mass is 32.2. The molecule has 0 bridgehead atoms. The number of likely N-dealkylation sites (tertiary alicyclic amines) is 1. The van der Waals surface area contributed by atoms with E-state index in [4.69, 9.17) is 4.74 Å². The first-order valence-electron chi connectivity index (χ1n) is 12.5. The summed E-state index contributed by atoms with van der Waals surface area (Å²) in [5, 5.41) is 9.52. The van der Waals surface area contributed by atoms with Gasteiger partial charge < -0.3 is 9.64 Å². The molecule has 1 atom stereocenters. The smallest absolute Gasteiger partial charge is 0.243 e. The second-order valence-electron chi connectivity index (χ2n) is 9.06. The third-order valence-corrected chi connectivity index (χ3v) is 9.50. The molecule has 2 aliphatic rings. The Bertz CT molecular complexity index is 1110. The van der Waals surface area contributed by atoms with Gasteiger partial charge in [0, 0.05) is 37.8 Å². The Hall–Kier alpha value is -1.95. The van der Waals surface area contributed by atoms with Gasteiger partial charge >= 0.3 is 0 Å². The number of benzene rings is 1. The Balaban J connectivity index is 1.57. The van der Waals surface area contributed by atoms with Crippen molar-refractivity contribution in [1.29, 1.82) is 0 Å². The fourth-order valence-electron chi connectivity index (χ4n) is 4.42. The lowest BCUT2D eigenvalue weighted by atomic mass is 10.2. The summed E-state index contributed by atoms with van der Waals surface area (Å²) in [7, 11) is -3.62. The zero-order valence-electron chi connectivity index (χ0n) is 20.6. The number of hydrogen-bond donors (Lipinski definition) is 0. The van der Waals surface area contributed by atoms with Crippen molar-refractivity contribution in [2.75, 3.05) is 45.1 Å². The molecule has 0 radical (unpaired) electrons. The number of carbonyl (C=O) groups is 1. The summed E-state index contributed by atoms with van der Waals surface area (Å²) >= 11 is 1.41. The molecule has 192 valence electrons. The van der Waals surface area contributed by atoms with Gasteiger partial charge in [0.25, 0.3) is 0 Å². The van der Waals surface area contributed by atoms with E-state index >= 15 is 0 Å². The van der Waals surface area contributed by atoms with Crippen LogP contribution >= 0.6 is 11.8 Å². The van der Waals surface area contributed by atoms with E-state index in [0.29, 0.717) is 48.6 Å². The van der Waals surface area contributed by atoms with Gasteiger partial charge in [0.05, 0.1) is 23.9 Å². The van der Waals surface area contributed by atoms with Gasteiger partial charge in [-0.05, 0) is 38.3 Å². The molecule has 1 amide bonds. The van der Waals surface area contributed by atoms with Crippen LogP contribution in [0.15, 0.2) is 34.3 Å². The first-order chi connectivity index (χ1) is 16.9. The van der Waals surface area contributed by atoms with Crippen LogP contribution in [-0.4, -0.2) is 83.4 Å². The zero-order chi connectivity index (χ0) is 24.8. The Morgan fingerprint density at radius 3 is 2.49 bits per heavy atom. The summed E-state index contributed by atoms with van der Waals surface area (Å²) in [6.45, 7) is 7.32. The minimum Gasteiger partial charge on any atom is -0.379 e. The Morgan fingerprint density at radius 2 is 1.80 bits per heavy atom. The topological polar surface area (TPSA) is 97.6 Å². The predicted molar refractivity (Wildman–Crippen MR) is 136 cm³/mol. The van der Waals surface area contributed by atoms with Crippen LogP contribution < -0.4 is 0 Å². The van der Waals surface area contributed by atoms with Crippen LogP contribution in [0.3, 0.4) is 0 Å². The van der Waals surface area contributed by atoms with Crippen LogP contribution in [0.4, 0.5) is 0 Å². The maximum Gasteiger partial charge on any atom is 0.243 e. The lowest BCUT2D eigenvalue weighted by Gasteiger charge is -2.26. The third kappa shape index (κ3) is 6.07. The number of carbonyl (C=O) groups excluding carboxylic acids is 1. The molecule has 2 aromatic rings. The lowest BCUT2D eigenvalue weighted by Crippen LogP contribution is -2.40. The first-order valence-corrected chi connectivity index (χ1v) is 14.9. The number of aromatic nitrogens is 3. The van der Waals surface area contributed by atoms with Crippen molar-refractivity contribution in [1.82, 2.24) is 24.0 Å². The molecule has 9 nitrogen and oxygen atoms in total. The van der Waals surface area contributed by atoms with E-state index in [1.54, 1.807) is 18.2 Å². The van der Waals surface area contributed by atoms with Gasteiger partial charge in [-0.1, -0.05) is 43.7 Å². The molecule has 0 saturated carbocycles. The first kappa shape index (κ1) is 26.1. The number of amides is 1. The van der Waals surface area contributed by atoms with Gasteiger partial charge in [0.2, 0.25) is 15.9 Å². The molecule has 0 aliphatic carbocycles. The summed E-state index contributed by atoms with van der Waals surface area (Å²) in [4.78, 5) is 15.0. The highest BCUT2D eigenvalue weighted by molar-refractivity contribution is 7.99. The van der Waals surface area contributed by atoms with E-state index in [2.05, 4.69) is 24.0 Å². The average Bonchev–Trinajstić information content (AvgIpc) is 3.12. The number of rotatable bonds is 8. The van der Waals surface area contributed by atoms with Gasteiger partial charge in [-0.15, -0.1) is 10.2 Å². The molecule has 0 unspecified atom stereocenters. The monoisotopic (exact) mass is 521 g/mol. The number of hydrogen-bond acceptors (Lipinski definition) is 7. The van der Waals surface area contributed by atoms with Crippen molar-refractivity contribution >= 4 is 27.7 Å². The van der Waals surface area contributed by atoms with Crippen molar-refractivity contribution in [3.63, 3.8) is 0 Å². The number of morpholine rings is 1. The molecular formula is C24H35N5O4S2. The minimum atomic E-state index is -3.62. The fraction of sp³-hybridized carbons (Fsp3) is 0.625. The largest absolute Gasteiger partial charge is 0.379 e. The van der Waals surface area contributed by atoms with Gasteiger partial charge in [0.15, 0.2) is 11.0 Å². The standard InChI is InChI=1S/C24H35N5O4S2/c1-3-19(2)29-23(25-26-24(29)34-18-22(30)27-11-6-4-5-7-12-27)20-9-8-10-21(17-20)35(31,32)28-13-15-33-16-14-28/h8-10,17,19H,3-7,11-16,18H2,1-2H3/t19-/m1/s1. The molecule has 35 heavy (non-hydrogen) atoms. The van der Waals surface area contributed by atoms with Crippen molar-refractivity contribution in [2.45, 2.75) is 62.0 Å². The normalized spacial score (nSPS) is 18.9. The van der Waals surface area contributed by atoms with Crippen molar-refractivity contribution in [2.24, 2.45) is 0 Å². The van der Waals surface area contributed by atoms with Gasteiger partial charge in [-0.3, -0.25) is 9.36 Å². The van der Waals surface area contributed by atoms with Gasteiger partial charge in [0.1, 0.15) is 0 Å². The summed E-state index contributed by atoms with van der Waals surface area (Å²) in [5.41, 5.74) is 0.692. The summed E-state index contributed by atoms with van der Waals surface area (Å²) in [6.07, 6.45) is 5.34. The number of sulfonamides is 1. The van der Waals surface area contributed by atoms with Crippen molar-refractivity contribution in [3.05, 3.63) is 24.3 Å². The molecule has 2 aliphatic heterocycles. The van der Waals surface area contributed by atoms with Crippen LogP contribution in [0.25, 0.3) is 11.4 Å². The number of nitrogens with zero attached hydrogens (tertiary/aromatic N) is 5. The fourth-order valence-corrected chi connectivity index (χ4v) is 6.82. The van der Waals surface area contributed by atoms with E-state index in [1.807, 2.05) is 15.5 Å². The molecule has 1 aromatic carbocycles. The third-order valence-electron chi connectivity index (χ3n) is 6.68. The highest BCUT2D eigenvalue weighted by Gasteiger charge is 2.28. The van der Waals surface area contributed by atoms with E-state index in [0.717, 1.165) is 32.4 Å². The average molecular weight is 522 g/mol. The van der Waals surface area contributed by atoms with E-state index < -0.39 is 10.0 Å². The second-order valence-corrected chi connectivity index (χ2v) is 11.9. The molecule has 0 N–H and O–H groups in total. The van der Waals surface area contributed by atoms with E-state index in [1.165, 1.54) is 28.9 Å². The molecule has 4 rings (SSSR count). The highest BCUT2D eigenvalue weighted by Crippen LogP contribution is 2.31. The Kier molecular flexibility index (Phi) is 8.85. The molecule has 0 spiro atoms. The lowest BCUT2D eigenvalue weighted by molar-refractivity contribution is -0.128. The van der Waals surface area contributed by atoms with Crippen molar-refractivity contribution in [3.8, 4) is 11.4 Å². The summed E-state index contributed by atoms with van der Waals surface area (Å²) in [6, 6.07) is 6.99. The molecule has 1 aromatic heterocycles. The van der Waals surface area contributed by atoms with E-state index in [9.17, 15) is 13.2 Å². The van der Waals surface area contributed by atoms with Crippen LogP contribution in [-0.2, 0) is 19.6 Å². The number of ether oxygens (including phenoxy) is 1. The predicted octanol–water partition coefficient (Wildman–Crippen LogP) is 3.43. The van der Waals surface area contributed by atoms with Crippen LogP contribution in [0.2, 0.25) is 0 Å². The molecular weight excluding hydrogens is 486 g/mol. The SMILES string of the molecule is CC[C@@H](C)n1c(SCC(=O)N2CCCCCC2)nnc1-c1cccc(S(=O)(=O)N2CCOCC2)c1. The molecule has 11 heteroatoms. The van der Waals surface area contributed by atoms with Crippen LogP contribution in [0.5, 0.6) is 0 Å².